The molecule has 0 saturated heterocycles. The van der Waals surface area contributed by atoms with E-state index < -0.39 is 0 Å². The lowest BCUT2D eigenvalue weighted by Crippen LogP contribution is -2.48. The van der Waals surface area contributed by atoms with Gasteiger partial charge in [-0.05, 0) is 62.3 Å². The molecule has 6 nitrogen and oxygen atoms in total. The molecule has 0 N–H and O–H groups in total. The van der Waals surface area contributed by atoms with Crippen LogP contribution in [0.5, 0.6) is 0 Å². The Hall–Kier alpha value is -3.02. The summed E-state index contributed by atoms with van der Waals surface area (Å²) in [6.45, 7) is 4.61. The number of amides is 2. The zero-order valence-electron chi connectivity index (χ0n) is 18.5. The zero-order chi connectivity index (χ0) is 22.0. The molecule has 0 saturated carbocycles. The quantitative estimate of drug-likeness (QED) is 0.676. The first-order valence-electron chi connectivity index (χ1n) is 11.0. The van der Waals surface area contributed by atoms with Crippen molar-refractivity contribution >= 4 is 17.9 Å². The van der Waals surface area contributed by atoms with Crippen LogP contribution in [-0.4, -0.2) is 36.8 Å². The Balaban J connectivity index is 1.81. The number of carbonyl (C=O) groups is 2. The standard InChI is InChI=1S/C25H30N2O4/c1-4-31-25(29)27-17(2)15-22(23-20-12-8-11-19(20)13-14-21(23)27)26(24(28)30-3)16-18-9-6-5-7-10-18/h5-7,9-10,13-14,17,22H,4,8,11-12,15-16H2,1-3H3. The first-order valence-corrected chi connectivity index (χ1v) is 11.0. The molecule has 0 spiro atoms. The normalized spacial score (nSPS) is 19.4. The predicted octanol–water partition coefficient (Wildman–Crippen LogP) is 5.24. The third kappa shape index (κ3) is 3.99. The molecule has 31 heavy (non-hydrogen) atoms. The lowest BCUT2D eigenvalue weighted by Gasteiger charge is -2.43. The number of nitrogens with zero attached hydrogens (tertiary/aromatic N) is 2. The third-order valence-electron chi connectivity index (χ3n) is 6.35. The first-order chi connectivity index (χ1) is 15.0. The maximum absolute atomic E-state index is 12.9. The molecule has 1 heterocycles. The largest absolute Gasteiger partial charge is 0.453 e. The van der Waals surface area contributed by atoms with Crippen LogP contribution in [0.3, 0.4) is 0 Å². The van der Waals surface area contributed by atoms with Crippen molar-refractivity contribution in [2.75, 3.05) is 18.6 Å². The van der Waals surface area contributed by atoms with Gasteiger partial charge in [0.2, 0.25) is 0 Å². The molecular formula is C25H30N2O4. The number of hydrogen-bond donors (Lipinski definition) is 0. The highest BCUT2D eigenvalue weighted by Gasteiger charge is 2.41. The highest BCUT2D eigenvalue weighted by molar-refractivity contribution is 5.91. The van der Waals surface area contributed by atoms with Gasteiger partial charge in [-0.15, -0.1) is 0 Å². The number of benzene rings is 2. The van der Waals surface area contributed by atoms with E-state index in [2.05, 4.69) is 6.07 Å². The monoisotopic (exact) mass is 422 g/mol. The fourth-order valence-corrected chi connectivity index (χ4v) is 5.00. The Bertz CT molecular complexity index is 959. The summed E-state index contributed by atoms with van der Waals surface area (Å²) in [5.74, 6) is 0. The van der Waals surface area contributed by atoms with E-state index in [1.54, 1.807) is 4.90 Å². The summed E-state index contributed by atoms with van der Waals surface area (Å²) >= 11 is 0. The molecule has 2 aliphatic rings. The van der Waals surface area contributed by atoms with E-state index in [1.807, 2.05) is 55.1 Å². The summed E-state index contributed by atoms with van der Waals surface area (Å²) in [5.41, 5.74) is 5.55. The Kier molecular flexibility index (Phi) is 6.16. The van der Waals surface area contributed by atoms with Gasteiger partial charge < -0.3 is 9.47 Å². The summed E-state index contributed by atoms with van der Waals surface area (Å²) in [4.78, 5) is 29.3. The summed E-state index contributed by atoms with van der Waals surface area (Å²) in [5, 5.41) is 0. The van der Waals surface area contributed by atoms with Crippen LogP contribution in [0, 0.1) is 0 Å². The van der Waals surface area contributed by atoms with Gasteiger partial charge in [-0.1, -0.05) is 36.4 Å². The van der Waals surface area contributed by atoms with E-state index >= 15 is 0 Å². The number of methoxy groups -OCH3 is 1. The Morgan fingerprint density at radius 1 is 1.13 bits per heavy atom. The molecule has 2 atom stereocenters. The highest BCUT2D eigenvalue weighted by atomic mass is 16.6. The topological polar surface area (TPSA) is 59.1 Å². The van der Waals surface area contributed by atoms with E-state index in [-0.39, 0.29) is 24.3 Å². The summed E-state index contributed by atoms with van der Waals surface area (Å²) in [6, 6.07) is 13.8. The highest BCUT2D eigenvalue weighted by Crippen LogP contribution is 2.46. The second-order valence-electron chi connectivity index (χ2n) is 8.24. The smallest absolute Gasteiger partial charge is 0.414 e. The lowest BCUT2D eigenvalue weighted by atomic mass is 9.86. The Morgan fingerprint density at radius 3 is 2.61 bits per heavy atom. The van der Waals surface area contributed by atoms with Gasteiger partial charge in [0.1, 0.15) is 0 Å². The minimum Gasteiger partial charge on any atom is -0.453 e. The second kappa shape index (κ2) is 9.00. The minimum atomic E-state index is -0.354. The van der Waals surface area contributed by atoms with Gasteiger partial charge in [0, 0.05) is 18.2 Å². The average molecular weight is 423 g/mol. The Morgan fingerprint density at radius 2 is 1.90 bits per heavy atom. The van der Waals surface area contributed by atoms with Crippen LogP contribution in [-0.2, 0) is 28.9 Å². The van der Waals surface area contributed by atoms with Crippen LogP contribution in [0.1, 0.15) is 55.0 Å². The maximum Gasteiger partial charge on any atom is 0.414 e. The molecule has 0 bridgehead atoms. The molecule has 0 radical (unpaired) electrons. The van der Waals surface area contributed by atoms with Crippen molar-refractivity contribution in [1.29, 1.82) is 0 Å². The molecule has 2 unspecified atom stereocenters. The molecule has 0 fully saturated rings. The maximum atomic E-state index is 12.9. The zero-order valence-corrected chi connectivity index (χ0v) is 18.5. The number of fused-ring (bicyclic) bond motifs is 3. The van der Waals surface area contributed by atoms with Gasteiger partial charge in [0.25, 0.3) is 0 Å². The SMILES string of the molecule is CCOC(=O)N1c2ccc3c(c2C(N(Cc2ccccc2)C(=O)OC)CC1C)CCC3. The number of aryl methyl sites for hydroxylation is 1. The summed E-state index contributed by atoms with van der Waals surface area (Å²) in [7, 11) is 1.42. The van der Waals surface area contributed by atoms with Crippen LogP contribution in [0.25, 0.3) is 0 Å². The molecule has 1 aliphatic heterocycles. The fraction of sp³-hybridized carbons (Fsp3) is 0.440. The first kappa shape index (κ1) is 21.2. The number of rotatable bonds is 4. The van der Waals surface area contributed by atoms with Crippen LogP contribution < -0.4 is 4.90 Å². The molecular weight excluding hydrogens is 392 g/mol. The molecule has 164 valence electrons. The molecule has 2 amide bonds. The van der Waals surface area contributed by atoms with Crippen molar-refractivity contribution in [3.63, 3.8) is 0 Å². The van der Waals surface area contributed by atoms with E-state index in [0.717, 1.165) is 36.1 Å². The molecule has 4 rings (SSSR count). The molecule has 2 aromatic rings. The van der Waals surface area contributed by atoms with E-state index in [0.29, 0.717) is 19.6 Å². The molecule has 6 heteroatoms. The van der Waals surface area contributed by atoms with E-state index in [4.69, 9.17) is 9.47 Å². The summed E-state index contributed by atoms with van der Waals surface area (Å²) in [6.07, 6.45) is 3.02. The summed E-state index contributed by atoms with van der Waals surface area (Å²) < 4.78 is 10.6. The average Bonchev–Trinajstić information content (AvgIpc) is 3.26. The minimum absolute atomic E-state index is 0.112. The van der Waals surface area contributed by atoms with Crippen molar-refractivity contribution in [2.24, 2.45) is 0 Å². The Labute approximate surface area is 183 Å². The van der Waals surface area contributed by atoms with Crippen molar-refractivity contribution < 1.29 is 19.1 Å². The lowest BCUT2D eigenvalue weighted by molar-refractivity contribution is 0.0940. The second-order valence-corrected chi connectivity index (χ2v) is 8.24. The van der Waals surface area contributed by atoms with Crippen LogP contribution in [0.4, 0.5) is 15.3 Å². The third-order valence-corrected chi connectivity index (χ3v) is 6.35. The van der Waals surface area contributed by atoms with Gasteiger partial charge >= 0.3 is 12.2 Å². The van der Waals surface area contributed by atoms with Gasteiger partial charge in [-0.2, -0.15) is 0 Å². The molecule has 0 aromatic heterocycles. The predicted molar refractivity (Wildman–Crippen MR) is 119 cm³/mol. The van der Waals surface area contributed by atoms with Crippen LogP contribution >= 0.6 is 0 Å². The van der Waals surface area contributed by atoms with Crippen LogP contribution in [0.15, 0.2) is 42.5 Å². The number of ether oxygens (including phenoxy) is 2. The van der Waals surface area contributed by atoms with Gasteiger partial charge in [0.15, 0.2) is 0 Å². The van der Waals surface area contributed by atoms with E-state index in [9.17, 15) is 9.59 Å². The van der Waals surface area contributed by atoms with Gasteiger partial charge in [0.05, 0.1) is 25.4 Å². The molecule has 2 aromatic carbocycles. The van der Waals surface area contributed by atoms with Gasteiger partial charge in [-0.3, -0.25) is 9.80 Å². The number of carbonyl (C=O) groups excluding carboxylic acids is 2. The van der Waals surface area contributed by atoms with Crippen LogP contribution in [0.2, 0.25) is 0 Å². The van der Waals surface area contributed by atoms with E-state index in [1.165, 1.54) is 18.2 Å². The van der Waals surface area contributed by atoms with Crippen molar-refractivity contribution in [3.05, 3.63) is 64.7 Å². The van der Waals surface area contributed by atoms with Crippen molar-refractivity contribution in [1.82, 2.24) is 4.90 Å². The van der Waals surface area contributed by atoms with Crippen molar-refractivity contribution in [2.45, 2.75) is 58.2 Å². The van der Waals surface area contributed by atoms with Crippen molar-refractivity contribution in [3.8, 4) is 0 Å². The van der Waals surface area contributed by atoms with Gasteiger partial charge in [-0.25, -0.2) is 9.59 Å². The molecule has 1 aliphatic carbocycles. The fourth-order valence-electron chi connectivity index (χ4n) is 5.00. The number of anilines is 1. The number of hydrogen-bond acceptors (Lipinski definition) is 4.